The van der Waals surface area contributed by atoms with Crippen LogP contribution >= 0.6 is 0 Å². The number of anilines is 1. The van der Waals surface area contributed by atoms with Crippen molar-refractivity contribution < 1.29 is 14.9 Å². The maximum absolute atomic E-state index is 10.8. The monoisotopic (exact) mass is 534 g/mol. The zero-order valence-corrected chi connectivity index (χ0v) is 22.9. The topological polar surface area (TPSA) is 151 Å². The summed E-state index contributed by atoms with van der Waals surface area (Å²) >= 11 is 0. The number of fused-ring (bicyclic) bond motifs is 2. The molecule has 1 aliphatic heterocycles. The molecular weight excluding hydrogens is 496 g/mol. The number of aryl methyl sites for hydroxylation is 1. The molecule has 0 radical (unpaired) electrons. The van der Waals surface area contributed by atoms with E-state index in [1.165, 1.54) is 18.2 Å². The molecule has 4 aromatic rings. The lowest BCUT2D eigenvalue weighted by Gasteiger charge is -2.42. The molecule has 0 spiro atoms. The van der Waals surface area contributed by atoms with Crippen LogP contribution in [0.4, 0.5) is 5.82 Å². The van der Waals surface area contributed by atoms with Gasteiger partial charge in [0.25, 0.3) is 0 Å². The molecule has 4 heterocycles. The van der Waals surface area contributed by atoms with Crippen molar-refractivity contribution in [2.45, 2.75) is 82.5 Å². The number of nitrogens with two attached hydrogens (primary N) is 1. The Morgan fingerprint density at radius 1 is 1.15 bits per heavy atom. The fourth-order valence-corrected chi connectivity index (χ4v) is 5.88. The predicted molar refractivity (Wildman–Crippen MR) is 148 cm³/mol. The Morgan fingerprint density at radius 2 is 1.95 bits per heavy atom. The van der Waals surface area contributed by atoms with Gasteiger partial charge in [-0.15, -0.1) is 0 Å². The number of likely N-dealkylation sites (N-methyl/N-ethyl adjacent to an activating group) is 1. The zero-order valence-electron chi connectivity index (χ0n) is 22.9. The van der Waals surface area contributed by atoms with Crippen molar-refractivity contribution in [1.29, 1.82) is 0 Å². The minimum atomic E-state index is -1.10. The fraction of sp³-hybridized carbons (Fsp3) is 0.571. The summed E-state index contributed by atoms with van der Waals surface area (Å²) in [4.78, 5) is 23.0. The molecule has 2 aliphatic rings. The van der Waals surface area contributed by atoms with Crippen LogP contribution in [0.1, 0.15) is 57.6 Å². The van der Waals surface area contributed by atoms with Crippen LogP contribution in [0, 0.1) is 5.92 Å². The minimum absolute atomic E-state index is 0.113. The Kier molecular flexibility index (Phi) is 6.57. The van der Waals surface area contributed by atoms with Crippen molar-refractivity contribution in [1.82, 2.24) is 34.4 Å². The van der Waals surface area contributed by atoms with E-state index in [-0.39, 0.29) is 11.2 Å². The molecule has 11 nitrogen and oxygen atoms in total. The third kappa shape index (κ3) is 4.88. The average Bonchev–Trinajstić information content (AvgIpc) is 3.54. The van der Waals surface area contributed by atoms with Crippen LogP contribution in [-0.2, 0) is 16.6 Å². The van der Waals surface area contributed by atoms with Crippen molar-refractivity contribution in [2.24, 2.45) is 5.92 Å². The second kappa shape index (κ2) is 9.81. The molecule has 2 fully saturated rings. The highest BCUT2D eigenvalue weighted by Gasteiger charge is 2.45. The molecule has 39 heavy (non-hydrogen) atoms. The van der Waals surface area contributed by atoms with Gasteiger partial charge in [0.05, 0.1) is 17.4 Å². The van der Waals surface area contributed by atoms with Gasteiger partial charge in [0.2, 0.25) is 0 Å². The number of aliphatic hydroxyl groups excluding tert-OH is 2. The number of imidazole rings is 2. The van der Waals surface area contributed by atoms with Crippen LogP contribution in [0.3, 0.4) is 0 Å². The Balaban J connectivity index is 1.01. The number of aromatic amines is 1. The molecule has 0 bridgehead atoms. The molecule has 208 valence electrons. The highest BCUT2D eigenvalue weighted by molar-refractivity contribution is 5.81. The van der Waals surface area contributed by atoms with E-state index in [9.17, 15) is 10.2 Å². The van der Waals surface area contributed by atoms with Gasteiger partial charge < -0.3 is 30.6 Å². The molecule has 6 rings (SSSR count). The van der Waals surface area contributed by atoms with Gasteiger partial charge in [0.15, 0.2) is 17.7 Å². The van der Waals surface area contributed by atoms with E-state index < -0.39 is 24.5 Å². The number of nitrogen functional groups attached to an aromatic ring is 1. The van der Waals surface area contributed by atoms with E-state index in [0.29, 0.717) is 29.7 Å². The molecule has 3 aromatic heterocycles. The molecule has 0 amide bonds. The number of ether oxygens (including phenoxy) is 1. The highest BCUT2D eigenvalue weighted by Crippen LogP contribution is 2.37. The van der Waals surface area contributed by atoms with E-state index in [0.717, 1.165) is 42.5 Å². The summed E-state index contributed by atoms with van der Waals surface area (Å²) in [5, 5.41) is 21.5. The largest absolute Gasteiger partial charge is 0.387 e. The Bertz CT molecular complexity index is 1470. The molecule has 4 atom stereocenters. The molecular formula is C28H38N8O3. The standard InChI is InChI=1S/C28H38N8O3/c1-28(2,3)16-6-7-18-19(11-16)34-21(33-18)8-5-15-9-17(10-15)35(4)12-20-23(37)24(38)27(39-20)36-14-32-22-25(29)30-13-31-26(22)36/h6-7,11,13-15,17,20,23-24,27,37-38H,5,8-10,12H2,1-4H3,(H,33,34)(H2,29,30,31)/t15?,17?,20-,23-,24-,27-/m1/s1. The Labute approximate surface area is 227 Å². The molecule has 11 heteroatoms. The molecule has 0 unspecified atom stereocenters. The van der Waals surface area contributed by atoms with Crippen LogP contribution in [0.2, 0.25) is 0 Å². The van der Waals surface area contributed by atoms with Crippen molar-refractivity contribution in [3.63, 3.8) is 0 Å². The first kappa shape index (κ1) is 26.1. The summed E-state index contributed by atoms with van der Waals surface area (Å²) in [6, 6.07) is 6.94. The Hall–Kier alpha value is -3.12. The second-order valence-electron chi connectivity index (χ2n) is 12.3. The summed E-state index contributed by atoms with van der Waals surface area (Å²) in [7, 11) is 2.06. The van der Waals surface area contributed by atoms with E-state index >= 15 is 0 Å². The van der Waals surface area contributed by atoms with Crippen LogP contribution in [0.15, 0.2) is 30.9 Å². The van der Waals surface area contributed by atoms with Crippen LogP contribution in [0.5, 0.6) is 0 Å². The van der Waals surface area contributed by atoms with Crippen LogP contribution in [-0.4, -0.2) is 82.5 Å². The SMILES string of the molecule is CN(C[C@H]1O[C@@H](n2cnc3c(N)ncnc32)[C@H](O)[C@@H]1O)C1CC(CCc2nc3ccc(C(C)(C)C)cc3[nH]2)C1. The molecule has 5 N–H and O–H groups in total. The minimum Gasteiger partial charge on any atom is -0.387 e. The summed E-state index contributed by atoms with van der Waals surface area (Å²) in [5.41, 5.74) is 10.4. The smallest absolute Gasteiger partial charge is 0.167 e. The zero-order chi connectivity index (χ0) is 27.5. The number of nitrogens with one attached hydrogen (secondary N) is 1. The van der Waals surface area contributed by atoms with Gasteiger partial charge in [-0.3, -0.25) is 4.57 Å². The number of rotatable bonds is 7. The number of hydrogen-bond acceptors (Lipinski definition) is 9. The van der Waals surface area contributed by atoms with Gasteiger partial charge in [0.1, 0.15) is 36.0 Å². The van der Waals surface area contributed by atoms with E-state index in [1.54, 1.807) is 4.57 Å². The highest BCUT2D eigenvalue weighted by atomic mass is 16.6. The number of nitrogens with zero attached hydrogens (tertiary/aromatic N) is 6. The first-order valence-electron chi connectivity index (χ1n) is 13.7. The number of aromatic nitrogens is 6. The van der Waals surface area contributed by atoms with Crippen molar-refractivity contribution in [3.8, 4) is 0 Å². The molecule has 1 saturated heterocycles. The van der Waals surface area contributed by atoms with Crippen molar-refractivity contribution in [3.05, 3.63) is 42.2 Å². The first-order chi connectivity index (χ1) is 18.6. The lowest BCUT2D eigenvalue weighted by atomic mass is 9.76. The Morgan fingerprint density at radius 3 is 2.72 bits per heavy atom. The lowest BCUT2D eigenvalue weighted by Crippen LogP contribution is -2.47. The van der Waals surface area contributed by atoms with Crippen LogP contribution < -0.4 is 5.73 Å². The molecule has 1 aliphatic carbocycles. The van der Waals surface area contributed by atoms with Gasteiger partial charge in [-0.1, -0.05) is 26.8 Å². The molecule has 1 saturated carbocycles. The van der Waals surface area contributed by atoms with Gasteiger partial charge in [-0.2, -0.15) is 0 Å². The normalized spacial score (nSPS) is 27.6. The fourth-order valence-electron chi connectivity index (χ4n) is 5.88. The summed E-state index contributed by atoms with van der Waals surface area (Å²) < 4.78 is 7.74. The van der Waals surface area contributed by atoms with Crippen LogP contribution in [0.25, 0.3) is 22.2 Å². The van der Waals surface area contributed by atoms with Crippen molar-refractivity contribution in [2.75, 3.05) is 19.3 Å². The maximum Gasteiger partial charge on any atom is 0.167 e. The predicted octanol–water partition coefficient (Wildman–Crippen LogP) is 2.54. The first-order valence-corrected chi connectivity index (χ1v) is 13.7. The second-order valence-corrected chi connectivity index (χ2v) is 12.3. The summed E-state index contributed by atoms with van der Waals surface area (Å²) in [6.45, 7) is 7.20. The number of hydrogen-bond donors (Lipinski definition) is 4. The van der Waals surface area contributed by atoms with Crippen molar-refractivity contribution >= 4 is 28.0 Å². The van der Waals surface area contributed by atoms with Gasteiger partial charge in [0, 0.05) is 19.0 Å². The maximum atomic E-state index is 10.8. The van der Waals surface area contributed by atoms with E-state index in [4.69, 9.17) is 15.5 Å². The summed E-state index contributed by atoms with van der Waals surface area (Å²) in [5.74, 6) is 1.96. The third-order valence-electron chi connectivity index (χ3n) is 8.49. The van der Waals surface area contributed by atoms with E-state index in [1.807, 2.05) is 0 Å². The number of aliphatic hydroxyl groups is 2. The van der Waals surface area contributed by atoms with E-state index in [2.05, 4.69) is 70.9 Å². The average molecular weight is 535 g/mol. The lowest BCUT2D eigenvalue weighted by molar-refractivity contribution is -0.0514. The number of benzene rings is 1. The molecule has 1 aromatic carbocycles. The van der Waals surface area contributed by atoms with Gasteiger partial charge >= 0.3 is 0 Å². The van der Waals surface area contributed by atoms with Gasteiger partial charge in [-0.05, 0) is 55.3 Å². The quantitative estimate of drug-likeness (QED) is 0.280. The number of H-pyrrole nitrogens is 1. The van der Waals surface area contributed by atoms with Gasteiger partial charge in [-0.25, -0.2) is 19.9 Å². The third-order valence-corrected chi connectivity index (χ3v) is 8.49. The summed E-state index contributed by atoms with van der Waals surface area (Å²) in [6.07, 6.45) is 3.65.